The van der Waals surface area contributed by atoms with Crippen LogP contribution in [-0.2, 0) is 25.7 Å². The van der Waals surface area contributed by atoms with Gasteiger partial charge in [-0.1, -0.05) is 12.1 Å². The van der Waals surface area contributed by atoms with Gasteiger partial charge in [-0.3, -0.25) is 14.8 Å². The van der Waals surface area contributed by atoms with Gasteiger partial charge in [-0.15, -0.1) is 0 Å². The zero-order valence-electron chi connectivity index (χ0n) is 13.5. The zero-order chi connectivity index (χ0) is 18.5. The lowest BCUT2D eigenvalue weighted by molar-refractivity contribution is -0.138. The highest BCUT2D eigenvalue weighted by molar-refractivity contribution is 5.39. The first-order valence-corrected chi connectivity index (χ1v) is 7.96. The van der Waals surface area contributed by atoms with Crippen molar-refractivity contribution >= 4 is 11.7 Å². The molecular weight excluding hydrogens is 349 g/mol. The van der Waals surface area contributed by atoms with Crippen LogP contribution in [0.1, 0.15) is 22.4 Å². The van der Waals surface area contributed by atoms with E-state index in [9.17, 15) is 18.0 Å². The van der Waals surface area contributed by atoms with E-state index in [0.29, 0.717) is 24.2 Å². The van der Waals surface area contributed by atoms with Crippen LogP contribution in [0.15, 0.2) is 29.1 Å². The van der Waals surface area contributed by atoms with Crippen LogP contribution in [0.25, 0.3) is 5.78 Å². The minimum atomic E-state index is -4.39. The monoisotopic (exact) mass is 364 g/mol. The van der Waals surface area contributed by atoms with Crippen molar-refractivity contribution in [3.8, 4) is 0 Å². The molecule has 0 radical (unpaired) electrons. The number of hydrogen-bond donors (Lipinski definition) is 2. The molecule has 7 nitrogen and oxygen atoms in total. The molecule has 1 aromatic carbocycles. The molecule has 3 heterocycles. The summed E-state index contributed by atoms with van der Waals surface area (Å²) in [7, 11) is 0. The fourth-order valence-electron chi connectivity index (χ4n) is 3.29. The second-order valence-corrected chi connectivity index (χ2v) is 6.23. The summed E-state index contributed by atoms with van der Waals surface area (Å²) >= 11 is 0. The summed E-state index contributed by atoms with van der Waals surface area (Å²) in [5.74, 6) is 0.201. The third-order valence-electron chi connectivity index (χ3n) is 4.44. The number of nitrogens with zero attached hydrogens (tertiary/aromatic N) is 4. The largest absolute Gasteiger partial charge is 0.416 e. The summed E-state index contributed by atoms with van der Waals surface area (Å²) in [5.41, 5.74) is 5.97. The number of halogens is 3. The summed E-state index contributed by atoms with van der Waals surface area (Å²) < 4.78 is 40.9. The fraction of sp³-hybridized carbons (Fsp3) is 0.312. The van der Waals surface area contributed by atoms with Gasteiger partial charge in [0.25, 0.3) is 11.3 Å². The van der Waals surface area contributed by atoms with Gasteiger partial charge in [0.2, 0.25) is 5.95 Å². The molecule has 0 saturated carbocycles. The average Bonchev–Trinajstić information content (AvgIpc) is 2.94. The first-order chi connectivity index (χ1) is 12.3. The highest BCUT2D eigenvalue weighted by atomic mass is 19.4. The molecule has 0 aliphatic carbocycles. The lowest BCUT2D eigenvalue weighted by Gasteiger charge is -2.30. The molecule has 2 aromatic heterocycles. The summed E-state index contributed by atoms with van der Waals surface area (Å²) in [5, 5.41) is 2.56. The number of H-pyrrole nitrogens is 1. The van der Waals surface area contributed by atoms with Crippen LogP contribution < -0.4 is 11.3 Å². The number of aromatic nitrogens is 4. The fourth-order valence-corrected chi connectivity index (χ4v) is 3.29. The van der Waals surface area contributed by atoms with Crippen LogP contribution in [0.5, 0.6) is 0 Å². The topological polar surface area (TPSA) is 92.3 Å². The first-order valence-electron chi connectivity index (χ1n) is 7.96. The Kier molecular flexibility index (Phi) is 3.72. The number of nitrogens with one attached hydrogen (secondary N) is 1. The van der Waals surface area contributed by atoms with E-state index in [1.165, 1.54) is 12.1 Å². The molecule has 0 saturated heterocycles. The Morgan fingerprint density at radius 2 is 2.08 bits per heavy atom. The van der Waals surface area contributed by atoms with Crippen LogP contribution >= 0.6 is 0 Å². The minimum Gasteiger partial charge on any atom is -0.368 e. The number of alkyl halides is 3. The Labute approximate surface area is 145 Å². The van der Waals surface area contributed by atoms with E-state index in [-0.39, 0.29) is 35.9 Å². The Bertz CT molecular complexity index is 1040. The van der Waals surface area contributed by atoms with Gasteiger partial charge in [0.05, 0.1) is 11.3 Å². The Morgan fingerprint density at radius 3 is 2.85 bits per heavy atom. The number of benzene rings is 1. The van der Waals surface area contributed by atoms with Gasteiger partial charge in [-0.2, -0.15) is 22.7 Å². The predicted molar refractivity (Wildman–Crippen MR) is 87.3 cm³/mol. The highest BCUT2D eigenvalue weighted by Crippen LogP contribution is 2.35. The normalized spacial score (nSPS) is 15.3. The Morgan fingerprint density at radius 1 is 1.27 bits per heavy atom. The molecule has 26 heavy (non-hydrogen) atoms. The van der Waals surface area contributed by atoms with Crippen LogP contribution in [0, 0.1) is 0 Å². The van der Waals surface area contributed by atoms with E-state index in [2.05, 4.69) is 15.1 Å². The van der Waals surface area contributed by atoms with Gasteiger partial charge >= 0.3 is 6.18 Å². The predicted octanol–water partition coefficient (Wildman–Crippen LogP) is 1.58. The van der Waals surface area contributed by atoms with Crippen molar-refractivity contribution in [1.82, 2.24) is 24.5 Å². The summed E-state index contributed by atoms with van der Waals surface area (Å²) in [6, 6.07) is 5.60. The molecule has 1 aliphatic rings. The maximum absolute atomic E-state index is 13.3. The van der Waals surface area contributed by atoms with E-state index >= 15 is 0 Å². The van der Waals surface area contributed by atoms with Crippen molar-refractivity contribution in [2.45, 2.75) is 25.7 Å². The molecule has 0 atom stereocenters. The van der Waals surface area contributed by atoms with Crippen molar-refractivity contribution in [1.29, 1.82) is 0 Å². The van der Waals surface area contributed by atoms with Gasteiger partial charge in [0.15, 0.2) is 0 Å². The molecule has 136 valence electrons. The van der Waals surface area contributed by atoms with Crippen LogP contribution in [0.4, 0.5) is 19.1 Å². The second-order valence-electron chi connectivity index (χ2n) is 6.23. The van der Waals surface area contributed by atoms with Crippen molar-refractivity contribution < 1.29 is 13.2 Å². The number of nitrogens with two attached hydrogens (primary N) is 1. The van der Waals surface area contributed by atoms with E-state index in [0.717, 1.165) is 10.6 Å². The SMILES string of the molecule is Nc1nc2nc(CN3CCc4cccc(C(F)(F)F)c4C3)cc(=O)n2[nH]1. The van der Waals surface area contributed by atoms with Crippen LogP contribution in [0.2, 0.25) is 0 Å². The first kappa shape index (κ1) is 16.6. The standard InChI is InChI=1S/C16H15F3N6O/c17-16(18,19)12-3-1-2-9-4-5-24(8-11(9)12)7-10-6-13(26)25-15(21-10)22-14(20)23-25/h1-3,6H,4-5,7-8H2,(H3,20,21,22,23). The van der Waals surface area contributed by atoms with Crippen LogP contribution in [0.3, 0.4) is 0 Å². The third-order valence-corrected chi connectivity index (χ3v) is 4.44. The van der Waals surface area contributed by atoms with Crippen molar-refractivity contribution in [3.05, 3.63) is 57.0 Å². The quantitative estimate of drug-likeness (QED) is 0.720. The Hall–Kier alpha value is -2.88. The number of nitrogen functional groups attached to an aromatic ring is 1. The van der Waals surface area contributed by atoms with E-state index in [1.807, 2.05) is 4.90 Å². The maximum atomic E-state index is 13.3. The molecule has 4 rings (SSSR count). The molecule has 0 amide bonds. The van der Waals surface area contributed by atoms with E-state index in [4.69, 9.17) is 5.73 Å². The van der Waals surface area contributed by atoms with Crippen molar-refractivity contribution in [2.75, 3.05) is 12.3 Å². The highest BCUT2D eigenvalue weighted by Gasteiger charge is 2.35. The smallest absolute Gasteiger partial charge is 0.368 e. The molecule has 3 aromatic rings. The van der Waals surface area contributed by atoms with Crippen molar-refractivity contribution in [2.24, 2.45) is 0 Å². The average molecular weight is 364 g/mol. The van der Waals surface area contributed by atoms with Crippen LogP contribution in [-0.4, -0.2) is 31.0 Å². The van der Waals surface area contributed by atoms with E-state index < -0.39 is 11.7 Å². The van der Waals surface area contributed by atoms with Gasteiger partial charge in [-0.05, 0) is 23.6 Å². The lowest BCUT2D eigenvalue weighted by atomic mass is 9.94. The number of hydrogen-bond acceptors (Lipinski definition) is 5. The number of rotatable bonds is 2. The molecular formula is C16H15F3N6O. The molecule has 0 unspecified atom stereocenters. The zero-order valence-corrected chi connectivity index (χ0v) is 13.5. The van der Waals surface area contributed by atoms with E-state index in [1.54, 1.807) is 6.07 Å². The Balaban J connectivity index is 1.63. The molecule has 3 N–H and O–H groups in total. The van der Waals surface area contributed by atoms with Gasteiger partial charge in [0.1, 0.15) is 0 Å². The number of fused-ring (bicyclic) bond motifs is 2. The summed E-state index contributed by atoms with van der Waals surface area (Å²) in [6.07, 6.45) is -3.88. The van der Waals surface area contributed by atoms with Gasteiger partial charge in [0, 0.05) is 25.7 Å². The summed E-state index contributed by atoms with van der Waals surface area (Å²) in [6.45, 7) is 0.983. The molecule has 1 aliphatic heterocycles. The molecule has 0 bridgehead atoms. The number of aromatic amines is 1. The molecule has 10 heteroatoms. The number of anilines is 1. The summed E-state index contributed by atoms with van der Waals surface area (Å²) in [4.78, 5) is 22.1. The lowest BCUT2D eigenvalue weighted by Crippen LogP contribution is -2.32. The third kappa shape index (κ3) is 2.92. The van der Waals surface area contributed by atoms with Gasteiger partial charge < -0.3 is 5.73 Å². The second kappa shape index (κ2) is 5.84. The van der Waals surface area contributed by atoms with Crippen molar-refractivity contribution in [3.63, 3.8) is 0 Å². The molecule has 0 spiro atoms. The minimum absolute atomic E-state index is 0.0634. The maximum Gasteiger partial charge on any atom is 0.416 e. The van der Waals surface area contributed by atoms with Gasteiger partial charge in [-0.25, -0.2) is 4.98 Å². The molecule has 0 fully saturated rings.